The first kappa shape index (κ1) is 77.9. The number of unbranched alkanes of at least 4 members (excludes halogenated alkanes) is 42. The van der Waals surface area contributed by atoms with Crippen LogP contribution >= 0.6 is 0 Å². The highest BCUT2D eigenvalue weighted by Crippen LogP contribution is 2.18. The summed E-state index contributed by atoms with van der Waals surface area (Å²) in [5, 5.41) is 0. The summed E-state index contributed by atoms with van der Waals surface area (Å²) in [7, 11) is 0. The molecule has 0 saturated heterocycles. The van der Waals surface area contributed by atoms with E-state index in [1.165, 1.54) is 218 Å². The molecule has 0 aliphatic rings. The lowest BCUT2D eigenvalue weighted by Gasteiger charge is -2.18. The van der Waals surface area contributed by atoms with Crippen molar-refractivity contribution in [3.05, 3.63) is 72.9 Å². The van der Waals surface area contributed by atoms with Crippen LogP contribution in [0.25, 0.3) is 0 Å². The molecule has 470 valence electrons. The molecule has 81 heavy (non-hydrogen) atoms. The molecule has 0 aromatic rings. The summed E-state index contributed by atoms with van der Waals surface area (Å²) in [5.41, 5.74) is 0. The molecule has 0 aromatic heterocycles. The average Bonchev–Trinajstić information content (AvgIpc) is 3.47. The first-order valence-electron chi connectivity index (χ1n) is 35.4. The van der Waals surface area contributed by atoms with Gasteiger partial charge in [-0.2, -0.15) is 0 Å². The molecule has 1 unspecified atom stereocenters. The highest BCUT2D eigenvalue weighted by atomic mass is 16.6. The molecule has 0 rings (SSSR count). The van der Waals surface area contributed by atoms with E-state index in [4.69, 9.17) is 14.2 Å². The topological polar surface area (TPSA) is 78.9 Å². The van der Waals surface area contributed by atoms with Crippen molar-refractivity contribution in [2.45, 2.75) is 374 Å². The van der Waals surface area contributed by atoms with Crippen molar-refractivity contribution >= 4 is 17.9 Å². The quantitative estimate of drug-likeness (QED) is 0.0261. The summed E-state index contributed by atoms with van der Waals surface area (Å²) in [6, 6.07) is 0. The fourth-order valence-electron chi connectivity index (χ4n) is 10.4. The van der Waals surface area contributed by atoms with Gasteiger partial charge in [0, 0.05) is 19.3 Å². The Morgan fingerprint density at radius 3 is 0.778 bits per heavy atom. The van der Waals surface area contributed by atoms with Gasteiger partial charge in [-0.05, 0) is 89.9 Å². The summed E-state index contributed by atoms with van der Waals surface area (Å²) >= 11 is 0. The van der Waals surface area contributed by atoms with Crippen LogP contribution in [0, 0.1) is 0 Å². The molecule has 0 amide bonds. The lowest BCUT2D eigenvalue weighted by atomic mass is 10.0. The zero-order valence-electron chi connectivity index (χ0n) is 54.1. The van der Waals surface area contributed by atoms with Crippen LogP contribution in [-0.2, 0) is 28.6 Å². The van der Waals surface area contributed by atoms with Gasteiger partial charge in [0.15, 0.2) is 6.10 Å². The zero-order valence-corrected chi connectivity index (χ0v) is 54.1. The van der Waals surface area contributed by atoms with Gasteiger partial charge in [-0.25, -0.2) is 0 Å². The van der Waals surface area contributed by atoms with Gasteiger partial charge in [0.25, 0.3) is 0 Å². The number of rotatable bonds is 65. The van der Waals surface area contributed by atoms with Crippen LogP contribution in [-0.4, -0.2) is 37.2 Å². The van der Waals surface area contributed by atoms with Gasteiger partial charge in [-0.1, -0.05) is 331 Å². The molecule has 6 heteroatoms. The molecule has 0 saturated carbocycles. The van der Waals surface area contributed by atoms with Crippen LogP contribution in [0.5, 0.6) is 0 Å². The van der Waals surface area contributed by atoms with Gasteiger partial charge >= 0.3 is 17.9 Å². The van der Waals surface area contributed by atoms with Crippen molar-refractivity contribution in [2.24, 2.45) is 0 Å². The summed E-state index contributed by atoms with van der Waals surface area (Å²) in [6.45, 7) is 6.54. The maximum absolute atomic E-state index is 12.9. The van der Waals surface area contributed by atoms with Gasteiger partial charge in [-0.15, -0.1) is 0 Å². The van der Waals surface area contributed by atoms with E-state index in [9.17, 15) is 14.4 Å². The molecule has 0 bridgehead atoms. The van der Waals surface area contributed by atoms with E-state index in [1.807, 2.05) is 0 Å². The molecule has 0 N–H and O–H groups in total. The molecule has 0 aliphatic carbocycles. The summed E-state index contributed by atoms with van der Waals surface area (Å²) in [6.07, 6.45) is 90.8. The third-order valence-electron chi connectivity index (χ3n) is 15.7. The van der Waals surface area contributed by atoms with Crippen LogP contribution in [0.4, 0.5) is 0 Å². The summed E-state index contributed by atoms with van der Waals surface area (Å²) in [5.74, 6) is -0.865. The van der Waals surface area contributed by atoms with Crippen LogP contribution in [0.1, 0.15) is 367 Å². The van der Waals surface area contributed by atoms with Gasteiger partial charge in [0.1, 0.15) is 13.2 Å². The molecule has 0 spiro atoms. The van der Waals surface area contributed by atoms with Crippen molar-refractivity contribution in [3.63, 3.8) is 0 Å². The van der Waals surface area contributed by atoms with E-state index >= 15 is 0 Å². The minimum absolute atomic E-state index is 0.0748. The first-order chi connectivity index (χ1) is 40.0. The predicted octanol–water partition coefficient (Wildman–Crippen LogP) is 24.4. The molecular formula is C75H134O6. The number of allylic oxidation sites excluding steroid dienone is 12. The van der Waals surface area contributed by atoms with Crippen molar-refractivity contribution in [2.75, 3.05) is 13.2 Å². The smallest absolute Gasteiger partial charge is 0.306 e. The van der Waals surface area contributed by atoms with E-state index in [0.717, 1.165) is 109 Å². The summed E-state index contributed by atoms with van der Waals surface area (Å²) in [4.78, 5) is 38.4. The normalized spacial score (nSPS) is 12.5. The van der Waals surface area contributed by atoms with E-state index < -0.39 is 6.10 Å². The van der Waals surface area contributed by atoms with E-state index in [2.05, 4.69) is 93.7 Å². The highest BCUT2D eigenvalue weighted by Gasteiger charge is 2.19. The number of hydrogen-bond donors (Lipinski definition) is 0. The highest BCUT2D eigenvalue weighted by molar-refractivity contribution is 5.71. The minimum atomic E-state index is -0.779. The maximum atomic E-state index is 12.9. The Kier molecular flexibility index (Phi) is 66.6. The fourth-order valence-corrected chi connectivity index (χ4v) is 10.4. The monoisotopic (exact) mass is 1130 g/mol. The van der Waals surface area contributed by atoms with Crippen molar-refractivity contribution in [1.29, 1.82) is 0 Å². The van der Waals surface area contributed by atoms with Gasteiger partial charge in [0.2, 0.25) is 0 Å². The Hall–Kier alpha value is -3.15. The number of carbonyl (C=O) groups excluding carboxylic acids is 3. The second-order valence-corrected chi connectivity index (χ2v) is 23.8. The van der Waals surface area contributed by atoms with Gasteiger partial charge in [0.05, 0.1) is 0 Å². The van der Waals surface area contributed by atoms with E-state index in [0.29, 0.717) is 19.3 Å². The molecule has 6 nitrogen and oxygen atoms in total. The maximum Gasteiger partial charge on any atom is 0.306 e. The third-order valence-corrected chi connectivity index (χ3v) is 15.7. The second kappa shape index (κ2) is 69.3. The summed E-state index contributed by atoms with van der Waals surface area (Å²) < 4.78 is 17.0. The second-order valence-electron chi connectivity index (χ2n) is 23.8. The van der Waals surface area contributed by atoms with Crippen molar-refractivity contribution in [1.82, 2.24) is 0 Å². The average molecular weight is 1130 g/mol. The fraction of sp³-hybridized carbons (Fsp3) is 0.800. The number of carbonyl (C=O) groups is 3. The third kappa shape index (κ3) is 67.5. The van der Waals surface area contributed by atoms with Gasteiger partial charge in [-0.3, -0.25) is 14.4 Å². The minimum Gasteiger partial charge on any atom is -0.462 e. The van der Waals surface area contributed by atoms with Gasteiger partial charge < -0.3 is 14.2 Å². The van der Waals surface area contributed by atoms with Crippen LogP contribution < -0.4 is 0 Å². The van der Waals surface area contributed by atoms with Crippen molar-refractivity contribution in [3.8, 4) is 0 Å². The predicted molar refractivity (Wildman–Crippen MR) is 353 cm³/mol. The molecule has 0 radical (unpaired) electrons. The number of hydrogen-bond acceptors (Lipinski definition) is 6. The van der Waals surface area contributed by atoms with Crippen LogP contribution in [0.2, 0.25) is 0 Å². The molecular weight excluding hydrogens is 997 g/mol. The first-order valence-corrected chi connectivity index (χ1v) is 35.4. The van der Waals surface area contributed by atoms with Crippen molar-refractivity contribution < 1.29 is 28.6 Å². The standard InChI is InChI=1S/C75H134O6/c1-4-7-10-13-16-19-22-25-28-29-30-31-32-33-34-35-36-37-38-39-40-41-42-43-44-45-48-50-53-56-59-62-65-68-74(77)80-71-72(81-75(78)69-66-63-60-57-54-51-47-27-24-21-18-15-12-9-6-3)70-79-73(76)67-64-61-58-55-52-49-46-26-23-20-17-14-11-8-5-2/h7,10,16,18-19,21,25,27-28,30-31,47,72H,4-6,8-9,11-15,17,20,22-24,26,29,32-46,48-71H2,1-3H3/b10-7-,19-16-,21-18-,28-25-,31-30-,47-27-. The Labute approximate surface area is 503 Å². The Balaban J connectivity index is 4.14. The number of esters is 3. The van der Waals surface area contributed by atoms with E-state index in [1.54, 1.807) is 0 Å². The lowest BCUT2D eigenvalue weighted by Crippen LogP contribution is -2.30. The Bertz CT molecular complexity index is 1490. The van der Waals surface area contributed by atoms with Crippen LogP contribution in [0.3, 0.4) is 0 Å². The Morgan fingerprint density at radius 1 is 0.259 bits per heavy atom. The molecule has 0 aliphatic heterocycles. The molecule has 0 aromatic carbocycles. The Morgan fingerprint density at radius 2 is 0.481 bits per heavy atom. The lowest BCUT2D eigenvalue weighted by molar-refractivity contribution is -0.167. The number of ether oxygens (including phenoxy) is 3. The molecule has 0 heterocycles. The largest absolute Gasteiger partial charge is 0.462 e. The zero-order chi connectivity index (χ0) is 58.5. The van der Waals surface area contributed by atoms with E-state index in [-0.39, 0.29) is 31.1 Å². The van der Waals surface area contributed by atoms with Crippen LogP contribution in [0.15, 0.2) is 72.9 Å². The molecule has 0 fully saturated rings. The molecule has 1 atom stereocenters. The SMILES string of the molecule is CC/C=C\C/C=C\C/C=C\C/C=C\CCCCCCCCCCCCCCCCCCCCCCC(=O)OCC(COC(=O)CCCCCCCCCCCCCCCCC)OC(=O)CCCCCCC/C=C\C/C=C\CCCCC.